The van der Waals surface area contributed by atoms with Gasteiger partial charge in [0.1, 0.15) is 11.2 Å². The molecular weight excluding hydrogens is 613 g/mol. The first kappa shape index (κ1) is 27.7. The van der Waals surface area contributed by atoms with E-state index in [0.717, 1.165) is 72.8 Å². The molecule has 0 fully saturated rings. The molecule has 7 aromatic carbocycles. The highest BCUT2D eigenvalue weighted by molar-refractivity contribution is 6.27. The van der Waals surface area contributed by atoms with E-state index in [0.29, 0.717) is 0 Å². The van der Waals surface area contributed by atoms with E-state index in [1.165, 1.54) is 50.9 Å². The molecule has 4 aromatic heterocycles. The van der Waals surface area contributed by atoms with Gasteiger partial charge in [0.2, 0.25) is 0 Å². The van der Waals surface area contributed by atoms with Gasteiger partial charge in [-0.05, 0) is 66.9 Å². The molecule has 0 radical (unpaired) electrons. The Labute approximate surface area is 287 Å². The fraction of sp³-hybridized carbons (Fsp3) is 0.0870. The van der Waals surface area contributed by atoms with Crippen molar-refractivity contribution in [2.24, 2.45) is 0 Å². The molecule has 0 aliphatic rings. The predicted molar refractivity (Wildman–Crippen MR) is 208 cm³/mol. The number of rotatable bonds is 5. The van der Waals surface area contributed by atoms with Gasteiger partial charge in [0, 0.05) is 43.1 Å². The molecule has 0 unspecified atom stereocenters. The first-order valence-corrected chi connectivity index (χ1v) is 17.6. The van der Waals surface area contributed by atoms with Crippen LogP contribution in [0.3, 0.4) is 0 Å². The van der Waals surface area contributed by atoms with Gasteiger partial charge >= 0.3 is 0 Å². The average molecular weight is 645 g/mol. The Morgan fingerprint density at radius 1 is 0.460 bits per heavy atom. The van der Waals surface area contributed by atoms with Gasteiger partial charge < -0.3 is 18.0 Å². The third-order valence-corrected chi connectivity index (χ3v) is 10.7. The fourth-order valence-electron chi connectivity index (χ4n) is 8.47. The van der Waals surface area contributed by atoms with Crippen LogP contribution in [0.5, 0.6) is 0 Å². The Hall–Kier alpha value is -6.26. The van der Waals surface area contributed by atoms with Crippen LogP contribution in [0.2, 0.25) is 0 Å². The SMILES string of the molecule is CCCCc1ccc2oc3c(-n4c5ccccc5c5c4ccc4c6ccccc6n(-c6cccc7c6oc6ccccc67)c45)cccc3c2c1. The second kappa shape index (κ2) is 10.4. The minimum absolute atomic E-state index is 0.891. The summed E-state index contributed by atoms with van der Waals surface area (Å²) in [5.74, 6) is 0. The minimum Gasteiger partial charge on any atom is -0.454 e. The molecule has 11 aromatic rings. The van der Waals surface area contributed by atoms with Crippen molar-refractivity contribution >= 4 is 87.5 Å². The van der Waals surface area contributed by atoms with Crippen LogP contribution < -0.4 is 0 Å². The van der Waals surface area contributed by atoms with Gasteiger partial charge in [-0.15, -0.1) is 0 Å². The zero-order chi connectivity index (χ0) is 32.9. The smallest absolute Gasteiger partial charge is 0.159 e. The molecule has 4 nitrogen and oxygen atoms in total. The summed E-state index contributed by atoms with van der Waals surface area (Å²) in [5.41, 5.74) is 11.7. The zero-order valence-electron chi connectivity index (χ0n) is 27.6. The summed E-state index contributed by atoms with van der Waals surface area (Å²) >= 11 is 0. The summed E-state index contributed by atoms with van der Waals surface area (Å²) in [6, 6.07) is 50.2. The molecule has 0 amide bonds. The van der Waals surface area contributed by atoms with Crippen molar-refractivity contribution in [2.45, 2.75) is 26.2 Å². The first-order valence-electron chi connectivity index (χ1n) is 17.6. The number of hydrogen-bond donors (Lipinski definition) is 0. The second-order valence-electron chi connectivity index (χ2n) is 13.5. The molecule has 0 bridgehead atoms. The highest BCUT2D eigenvalue weighted by Crippen LogP contribution is 2.45. The Balaban J connectivity index is 1.27. The number of benzene rings is 7. The van der Waals surface area contributed by atoms with Gasteiger partial charge in [-0.25, -0.2) is 0 Å². The van der Waals surface area contributed by atoms with Crippen molar-refractivity contribution in [2.75, 3.05) is 0 Å². The van der Waals surface area contributed by atoms with E-state index in [2.05, 4.69) is 150 Å². The first-order chi connectivity index (χ1) is 24.8. The fourth-order valence-corrected chi connectivity index (χ4v) is 8.47. The van der Waals surface area contributed by atoms with Crippen LogP contribution >= 0.6 is 0 Å². The predicted octanol–water partition coefficient (Wildman–Crippen LogP) is 13.0. The maximum Gasteiger partial charge on any atom is 0.159 e. The van der Waals surface area contributed by atoms with E-state index in [1.807, 2.05) is 6.07 Å². The highest BCUT2D eigenvalue weighted by atomic mass is 16.3. The topological polar surface area (TPSA) is 36.1 Å². The van der Waals surface area contributed by atoms with Crippen molar-refractivity contribution in [3.8, 4) is 11.4 Å². The van der Waals surface area contributed by atoms with Crippen LogP contribution in [0.15, 0.2) is 148 Å². The van der Waals surface area contributed by atoms with E-state index < -0.39 is 0 Å². The standard InChI is InChI=1S/C46H32N2O2/c1-2-3-12-28-23-26-42-35(27-28)33-17-11-20-39(46(33)50-42)47-37-19-8-5-15-34(37)43-38(47)25-24-31-29-13-4-7-18-36(29)48(44(31)43)40-21-10-16-32-30-14-6-9-22-41(30)49-45(32)40/h4-11,13-27H,2-3,12H2,1H3. The average Bonchev–Trinajstić information content (AvgIpc) is 3.91. The molecule has 0 saturated carbocycles. The van der Waals surface area contributed by atoms with Crippen LogP contribution in [0.4, 0.5) is 0 Å². The summed E-state index contributed by atoms with van der Waals surface area (Å²) in [4.78, 5) is 0. The molecule has 50 heavy (non-hydrogen) atoms. The lowest BCUT2D eigenvalue weighted by atomic mass is 10.0. The van der Waals surface area contributed by atoms with Crippen LogP contribution in [0.25, 0.3) is 98.9 Å². The molecule has 4 heteroatoms. The summed E-state index contributed by atoms with van der Waals surface area (Å²) < 4.78 is 18.2. The van der Waals surface area contributed by atoms with Crippen molar-refractivity contribution in [1.82, 2.24) is 9.13 Å². The van der Waals surface area contributed by atoms with E-state index in [4.69, 9.17) is 8.83 Å². The van der Waals surface area contributed by atoms with Gasteiger partial charge in [0.15, 0.2) is 11.2 Å². The highest BCUT2D eigenvalue weighted by Gasteiger charge is 2.24. The Bertz CT molecular complexity index is 3150. The van der Waals surface area contributed by atoms with Crippen LogP contribution in [-0.4, -0.2) is 9.13 Å². The molecule has 238 valence electrons. The minimum atomic E-state index is 0.891. The summed E-state index contributed by atoms with van der Waals surface area (Å²) in [5, 5.41) is 9.40. The summed E-state index contributed by atoms with van der Waals surface area (Å²) in [6.07, 6.45) is 3.45. The molecule has 11 rings (SSSR count). The van der Waals surface area contributed by atoms with Crippen LogP contribution in [0, 0.1) is 0 Å². The van der Waals surface area contributed by atoms with Crippen LogP contribution in [0.1, 0.15) is 25.3 Å². The van der Waals surface area contributed by atoms with Crippen molar-refractivity contribution in [3.05, 3.63) is 145 Å². The number of unbranched alkanes of at least 4 members (excludes halogenated alkanes) is 1. The lowest BCUT2D eigenvalue weighted by Gasteiger charge is -2.11. The summed E-state index contributed by atoms with van der Waals surface area (Å²) in [6.45, 7) is 2.25. The lowest BCUT2D eigenvalue weighted by Crippen LogP contribution is -1.96. The Morgan fingerprint density at radius 3 is 1.86 bits per heavy atom. The van der Waals surface area contributed by atoms with E-state index >= 15 is 0 Å². The van der Waals surface area contributed by atoms with Gasteiger partial charge in [-0.1, -0.05) is 104 Å². The van der Waals surface area contributed by atoms with E-state index in [-0.39, 0.29) is 0 Å². The molecule has 4 heterocycles. The van der Waals surface area contributed by atoms with Gasteiger partial charge in [0.25, 0.3) is 0 Å². The largest absolute Gasteiger partial charge is 0.454 e. The second-order valence-corrected chi connectivity index (χ2v) is 13.5. The van der Waals surface area contributed by atoms with Gasteiger partial charge in [-0.2, -0.15) is 0 Å². The number of furan rings is 2. The normalized spacial score (nSPS) is 12.3. The van der Waals surface area contributed by atoms with E-state index in [9.17, 15) is 0 Å². The third kappa shape index (κ3) is 3.71. The van der Waals surface area contributed by atoms with Crippen molar-refractivity contribution in [1.29, 1.82) is 0 Å². The maximum atomic E-state index is 6.73. The summed E-state index contributed by atoms with van der Waals surface area (Å²) in [7, 11) is 0. The van der Waals surface area contributed by atoms with Gasteiger partial charge in [-0.3, -0.25) is 0 Å². The van der Waals surface area contributed by atoms with Crippen molar-refractivity contribution in [3.63, 3.8) is 0 Å². The Kier molecular flexibility index (Phi) is 5.74. The number of nitrogens with zero attached hydrogens (tertiary/aromatic N) is 2. The molecule has 0 aliphatic carbocycles. The van der Waals surface area contributed by atoms with Gasteiger partial charge in [0.05, 0.1) is 33.4 Å². The number of aromatic nitrogens is 2. The third-order valence-electron chi connectivity index (χ3n) is 10.7. The maximum absolute atomic E-state index is 6.73. The molecule has 0 saturated heterocycles. The molecule has 0 aliphatic heterocycles. The monoisotopic (exact) mass is 644 g/mol. The number of hydrogen-bond acceptors (Lipinski definition) is 2. The quantitative estimate of drug-likeness (QED) is 0.187. The molecule has 0 N–H and O–H groups in total. The van der Waals surface area contributed by atoms with Crippen molar-refractivity contribution < 1.29 is 8.83 Å². The zero-order valence-corrected chi connectivity index (χ0v) is 27.6. The number of para-hydroxylation sites is 5. The molecule has 0 atom stereocenters. The van der Waals surface area contributed by atoms with E-state index in [1.54, 1.807) is 0 Å². The number of fused-ring (bicyclic) bond motifs is 13. The van der Waals surface area contributed by atoms with Crippen LogP contribution in [-0.2, 0) is 6.42 Å². The lowest BCUT2D eigenvalue weighted by molar-refractivity contribution is 0.666. The molecular formula is C46H32N2O2. The molecule has 0 spiro atoms. The Morgan fingerprint density at radius 2 is 1.08 bits per heavy atom. The number of aryl methyl sites for hydroxylation is 1.